The van der Waals surface area contributed by atoms with E-state index in [4.69, 9.17) is 5.11 Å². The molecule has 0 amide bonds. The predicted molar refractivity (Wildman–Crippen MR) is 75.6 cm³/mol. The first-order chi connectivity index (χ1) is 9.40. The summed E-state index contributed by atoms with van der Waals surface area (Å²) in [5, 5.41) is 8.96. The predicted octanol–water partition coefficient (Wildman–Crippen LogP) is 2.80. The first-order valence-electron chi connectivity index (χ1n) is 5.77. The van der Waals surface area contributed by atoms with Gasteiger partial charge in [-0.25, -0.2) is 9.18 Å². The lowest BCUT2D eigenvalue weighted by molar-refractivity contribution is 0.0694. The summed E-state index contributed by atoms with van der Waals surface area (Å²) in [4.78, 5) is 22.5. The van der Waals surface area contributed by atoms with Gasteiger partial charge >= 0.3 is 5.97 Å². The molecule has 0 aliphatic rings. The molecule has 0 fully saturated rings. The summed E-state index contributed by atoms with van der Waals surface area (Å²) in [7, 11) is 0. The molecule has 4 nitrogen and oxygen atoms in total. The number of hydrogen-bond donors (Lipinski definition) is 1. The monoisotopic (exact) mass is 339 g/mol. The molecule has 0 saturated carbocycles. The Bertz CT molecular complexity index is 740. The number of benzene rings is 1. The number of pyridine rings is 1. The maximum Gasteiger partial charge on any atom is 0.341 e. The Kier molecular flexibility index (Phi) is 4.04. The zero-order valence-corrected chi connectivity index (χ0v) is 12.1. The Morgan fingerprint density at radius 3 is 2.80 bits per heavy atom. The molecule has 2 aromatic rings. The summed E-state index contributed by atoms with van der Waals surface area (Å²) in [6.07, 6.45) is 1.28. The molecular formula is C14H11BrFNO3. The van der Waals surface area contributed by atoms with E-state index in [9.17, 15) is 14.0 Å². The molecule has 0 bridgehead atoms. The number of carboxylic acid groups (broad SMARTS) is 1. The second-order valence-electron chi connectivity index (χ2n) is 4.34. The minimum absolute atomic E-state index is 0.269. The number of carboxylic acids is 1. The molecule has 0 aliphatic heterocycles. The molecule has 2 rings (SSSR count). The van der Waals surface area contributed by atoms with E-state index in [0.29, 0.717) is 15.7 Å². The maximum atomic E-state index is 13.5. The van der Waals surface area contributed by atoms with Gasteiger partial charge < -0.3 is 9.67 Å². The molecule has 0 unspecified atom stereocenters. The van der Waals surface area contributed by atoms with E-state index < -0.39 is 11.4 Å². The quantitative estimate of drug-likeness (QED) is 0.935. The van der Waals surface area contributed by atoms with Crippen molar-refractivity contribution in [3.8, 4) is 0 Å². The molecule has 1 heterocycles. The van der Waals surface area contributed by atoms with Crippen LogP contribution in [0.15, 0.2) is 39.7 Å². The van der Waals surface area contributed by atoms with Gasteiger partial charge in [-0.2, -0.15) is 0 Å². The molecule has 1 aromatic carbocycles. The van der Waals surface area contributed by atoms with Crippen molar-refractivity contribution in [1.82, 2.24) is 4.57 Å². The highest BCUT2D eigenvalue weighted by Crippen LogP contribution is 2.21. The van der Waals surface area contributed by atoms with Crippen molar-refractivity contribution >= 4 is 21.9 Å². The van der Waals surface area contributed by atoms with Gasteiger partial charge in [-0.1, -0.05) is 12.1 Å². The first-order valence-corrected chi connectivity index (χ1v) is 6.56. The lowest BCUT2D eigenvalue weighted by atomic mass is 10.2. The highest BCUT2D eigenvalue weighted by molar-refractivity contribution is 9.10. The van der Waals surface area contributed by atoms with Crippen molar-refractivity contribution in [3.63, 3.8) is 0 Å². The Morgan fingerprint density at radius 2 is 2.15 bits per heavy atom. The van der Waals surface area contributed by atoms with Crippen LogP contribution in [0.1, 0.15) is 21.6 Å². The smallest absolute Gasteiger partial charge is 0.341 e. The van der Waals surface area contributed by atoms with Crippen molar-refractivity contribution in [2.45, 2.75) is 13.5 Å². The Balaban J connectivity index is 2.48. The summed E-state index contributed by atoms with van der Waals surface area (Å²) in [5.74, 6) is -1.67. The SMILES string of the molecule is Cc1cc(=O)c(C(=O)O)cn1Cc1cccc(F)c1Br. The van der Waals surface area contributed by atoms with Crippen molar-refractivity contribution < 1.29 is 14.3 Å². The third kappa shape index (κ3) is 2.80. The van der Waals surface area contributed by atoms with Gasteiger partial charge in [0.25, 0.3) is 0 Å². The van der Waals surface area contributed by atoms with Gasteiger partial charge in [-0.05, 0) is 34.5 Å². The largest absolute Gasteiger partial charge is 0.477 e. The third-order valence-electron chi connectivity index (χ3n) is 2.95. The Hall–Kier alpha value is -1.95. The van der Waals surface area contributed by atoms with E-state index in [1.54, 1.807) is 23.6 Å². The summed E-state index contributed by atoms with van der Waals surface area (Å²) >= 11 is 3.16. The third-order valence-corrected chi connectivity index (χ3v) is 3.83. The summed E-state index contributed by atoms with van der Waals surface area (Å²) in [6.45, 7) is 1.96. The van der Waals surface area contributed by atoms with E-state index in [1.165, 1.54) is 18.3 Å². The minimum atomic E-state index is -1.28. The Labute approximate surface area is 122 Å². The highest BCUT2D eigenvalue weighted by Gasteiger charge is 2.12. The standard InChI is InChI=1S/C14H11BrFNO3/c1-8-5-12(18)10(14(19)20)7-17(8)6-9-3-2-4-11(16)13(9)15/h2-5,7H,6H2,1H3,(H,19,20). The van der Waals surface area contributed by atoms with E-state index in [1.807, 2.05) is 0 Å². The van der Waals surface area contributed by atoms with Crippen LogP contribution in [0.2, 0.25) is 0 Å². The summed E-state index contributed by atoms with van der Waals surface area (Å²) < 4.78 is 15.4. The van der Waals surface area contributed by atoms with E-state index >= 15 is 0 Å². The first kappa shape index (κ1) is 14.5. The van der Waals surface area contributed by atoms with E-state index in [-0.39, 0.29) is 17.9 Å². The summed E-state index contributed by atoms with van der Waals surface area (Å²) in [5.41, 5.74) is 0.428. The average Bonchev–Trinajstić information content (AvgIpc) is 2.37. The van der Waals surface area contributed by atoms with Crippen LogP contribution in [-0.2, 0) is 6.54 Å². The van der Waals surface area contributed by atoms with Gasteiger partial charge in [-0.3, -0.25) is 4.79 Å². The van der Waals surface area contributed by atoms with E-state index in [2.05, 4.69) is 15.9 Å². The number of aromatic carboxylic acids is 1. The lowest BCUT2D eigenvalue weighted by Crippen LogP contribution is -2.19. The van der Waals surface area contributed by atoms with Crippen LogP contribution in [0.5, 0.6) is 0 Å². The molecule has 0 spiro atoms. The zero-order valence-electron chi connectivity index (χ0n) is 10.6. The second kappa shape index (κ2) is 5.58. The topological polar surface area (TPSA) is 59.3 Å². The summed E-state index contributed by atoms with van der Waals surface area (Å²) in [6, 6.07) is 5.89. The van der Waals surface area contributed by atoms with Crippen molar-refractivity contribution in [3.05, 3.63) is 67.8 Å². The molecule has 20 heavy (non-hydrogen) atoms. The highest BCUT2D eigenvalue weighted by atomic mass is 79.9. The van der Waals surface area contributed by atoms with Gasteiger partial charge in [0, 0.05) is 24.5 Å². The van der Waals surface area contributed by atoms with Gasteiger partial charge in [0.05, 0.1) is 4.47 Å². The number of aromatic nitrogens is 1. The van der Waals surface area contributed by atoms with Gasteiger partial charge in [0.1, 0.15) is 11.4 Å². The zero-order chi connectivity index (χ0) is 14.9. The van der Waals surface area contributed by atoms with Crippen LogP contribution >= 0.6 is 15.9 Å². The van der Waals surface area contributed by atoms with Crippen molar-refractivity contribution in [2.75, 3.05) is 0 Å². The average molecular weight is 340 g/mol. The van der Waals surface area contributed by atoms with Crippen LogP contribution in [0, 0.1) is 12.7 Å². The number of hydrogen-bond acceptors (Lipinski definition) is 2. The molecular weight excluding hydrogens is 329 g/mol. The Morgan fingerprint density at radius 1 is 1.45 bits per heavy atom. The lowest BCUT2D eigenvalue weighted by Gasteiger charge is -2.13. The van der Waals surface area contributed by atoms with E-state index in [0.717, 1.165) is 0 Å². The molecule has 0 saturated heterocycles. The van der Waals surface area contributed by atoms with Gasteiger partial charge in [-0.15, -0.1) is 0 Å². The van der Waals surface area contributed by atoms with Crippen LogP contribution in [0.25, 0.3) is 0 Å². The molecule has 1 N–H and O–H groups in total. The van der Waals surface area contributed by atoms with Gasteiger partial charge in [0.2, 0.25) is 0 Å². The number of rotatable bonds is 3. The fourth-order valence-corrected chi connectivity index (χ4v) is 2.25. The van der Waals surface area contributed by atoms with Crippen molar-refractivity contribution in [2.24, 2.45) is 0 Å². The molecule has 0 aliphatic carbocycles. The normalized spacial score (nSPS) is 10.6. The number of nitrogens with zero attached hydrogens (tertiary/aromatic N) is 1. The number of halogens is 2. The van der Waals surface area contributed by atoms with Crippen LogP contribution in [-0.4, -0.2) is 15.6 Å². The van der Waals surface area contributed by atoms with Crippen LogP contribution in [0.4, 0.5) is 4.39 Å². The molecule has 0 radical (unpaired) electrons. The fraction of sp³-hybridized carbons (Fsp3) is 0.143. The van der Waals surface area contributed by atoms with Crippen LogP contribution in [0.3, 0.4) is 0 Å². The van der Waals surface area contributed by atoms with Crippen molar-refractivity contribution in [1.29, 1.82) is 0 Å². The van der Waals surface area contributed by atoms with Crippen LogP contribution < -0.4 is 5.43 Å². The van der Waals surface area contributed by atoms with Gasteiger partial charge in [0.15, 0.2) is 5.43 Å². The molecule has 0 atom stereocenters. The minimum Gasteiger partial charge on any atom is -0.477 e. The molecule has 6 heteroatoms. The molecule has 104 valence electrons. The fourth-order valence-electron chi connectivity index (χ4n) is 1.86. The number of carbonyl (C=O) groups is 1. The second-order valence-corrected chi connectivity index (χ2v) is 5.13. The molecule has 1 aromatic heterocycles. The number of aryl methyl sites for hydroxylation is 1. The maximum absolute atomic E-state index is 13.5.